The molecule has 0 spiro atoms. The predicted molar refractivity (Wildman–Crippen MR) is 62.6 cm³/mol. The molecule has 5 nitrogen and oxygen atoms in total. The minimum absolute atomic E-state index is 0.275. The molecule has 1 aromatic carbocycles. The largest absolute Gasteiger partial charge is 0.508 e. The third-order valence-corrected chi connectivity index (χ3v) is 2.41. The summed E-state index contributed by atoms with van der Waals surface area (Å²) < 4.78 is 5.41. The summed E-state index contributed by atoms with van der Waals surface area (Å²) in [5, 5.41) is 17.1. The molecular weight excluding hydrogens is 218 g/mol. The lowest BCUT2D eigenvalue weighted by Gasteiger charge is -1.99. The molecule has 1 aromatic heterocycles. The summed E-state index contributed by atoms with van der Waals surface area (Å²) in [6.07, 6.45) is 2.04. The molecule has 2 aromatic rings. The average molecular weight is 233 g/mol. The highest BCUT2D eigenvalue weighted by molar-refractivity contribution is 5.27. The summed E-state index contributed by atoms with van der Waals surface area (Å²) in [5.41, 5.74) is 6.44. The molecule has 0 aliphatic rings. The van der Waals surface area contributed by atoms with Gasteiger partial charge in [-0.2, -0.15) is 0 Å². The minimum Gasteiger partial charge on any atom is -0.508 e. The number of rotatable bonds is 5. The van der Waals surface area contributed by atoms with Gasteiger partial charge in [-0.15, -0.1) is 10.2 Å². The number of nitrogens with zero attached hydrogens (tertiary/aromatic N) is 2. The van der Waals surface area contributed by atoms with Crippen LogP contribution in [0, 0.1) is 0 Å². The standard InChI is InChI=1S/C12H15N3O2/c13-7-6-12-15-14-11(17-12)5-4-9-2-1-3-10(16)8-9/h1-3,8,16H,4-7,13H2. The van der Waals surface area contributed by atoms with E-state index < -0.39 is 0 Å². The van der Waals surface area contributed by atoms with Gasteiger partial charge in [0.15, 0.2) is 0 Å². The number of hydrogen-bond donors (Lipinski definition) is 2. The normalized spacial score (nSPS) is 10.6. The van der Waals surface area contributed by atoms with Crippen LogP contribution in [0.5, 0.6) is 5.75 Å². The number of aromatic nitrogens is 2. The van der Waals surface area contributed by atoms with Gasteiger partial charge >= 0.3 is 0 Å². The Kier molecular flexibility index (Phi) is 3.72. The lowest BCUT2D eigenvalue weighted by Crippen LogP contribution is -2.02. The summed E-state index contributed by atoms with van der Waals surface area (Å²) in [4.78, 5) is 0. The summed E-state index contributed by atoms with van der Waals surface area (Å²) >= 11 is 0. The van der Waals surface area contributed by atoms with Crippen molar-refractivity contribution in [1.82, 2.24) is 10.2 Å². The second kappa shape index (κ2) is 5.45. The Morgan fingerprint density at radius 1 is 1.12 bits per heavy atom. The molecule has 90 valence electrons. The van der Waals surface area contributed by atoms with E-state index in [0.29, 0.717) is 31.2 Å². The predicted octanol–water partition coefficient (Wildman–Crippen LogP) is 1.06. The zero-order chi connectivity index (χ0) is 12.1. The van der Waals surface area contributed by atoms with Gasteiger partial charge in [-0.05, 0) is 24.1 Å². The van der Waals surface area contributed by atoms with Crippen molar-refractivity contribution in [3.8, 4) is 5.75 Å². The number of phenolic OH excluding ortho intramolecular Hbond substituents is 1. The molecule has 5 heteroatoms. The van der Waals surface area contributed by atoms with Crippen LogP contribution in [-0.2, 0) is 19.3 Å². The van der Waals surface area contributed by atoms with Crippen molar-refractivity contribution in [1.29, 1.82) is 0 Å². The summed E-state index contributed by atoms with van der Waals surface area (Å²) in [7, 11) is 0. The van der Waals surface area contributed by atoms with Crippen LogP contribution in [0.15, 0.2) is 28.7 Å². The Morgan fingerprint density at radius 3 is 2.59 bits per heavy atom. The highest BCUT2D eigenvalue weighted by Gasteiger charge is 2.05. The zero-order valence-corrected chi connectivity index (χ0v) is 9.47. The second-order valence-corrected chi connectivity index (χ2v) is 3.80. The number of benzene rings is 1. The molecule has 0 unspecified atom stereocenters. The smallest absolute Gasteiger partial charge is 0.217 e. The van der Waals surface area contributed by atoms with E-state index in [1.54, 1.807) is 12.1 Å². The zero-order valence-electron chi connectivity index (χ0n) is 9.47. The first kappa shape index (κ1) is 11.6. The molecule has 0 aliphatic heterocycles. The van der Waals surface area contributed by atoms with Gasteiger partial charge in [-0.1, -0.05) is 12.1 Å². The summed E-state index contributed by atoms with van der Waals surface area (Å²) in [6.45, 7) is 0.508. The maximum absolute atomic E-state index is 9.32. The van der Waals surface area contributed by atoms with E-state index in [2.05, 4.69) is 10.2 Å². The van der Waals surface area contributed by atoms with Crippen molar-refractivity contribution in [3.05, 3.63) is 41.6 Å². The van der Waals surface area contributed by atoms with Gasteiger partial charge in [0.25, 0.3) is 0 Å². The van der Waals surface area contributed by atoms with Gasteiger partial charge < -0.3 is 15.3 Å². The number of nitrogens with two attached hydrogens (primary N) is 1. The molecule has 0 fully saturated rings. The van der Waals surface area contributed by atoms with Crippen LogP contribution in [0.2, 0.25) is 0 Å². The first-order chi connectivity index (χ1) is 8.28. The van der Waals surface area contributed by atoms with E-state index in [-0.39, 0.29) is 5.75 Å². The lowest BCUT2D eigenvalue weighted by atomic mass is 10.1. The van der Waals surface area contributed by atoms with Crippen molar-refractivity contribution in [3.63, 3.8) is 0 Å². The number of hydrogen-bond acceptors (Lipinski definition) is 5. The number of aryl methyl sites for hydroxylation is 2. The van der Waals surface area contributed by atoms with E-state index >= 15 is 0 Å². The van der Waals surface area contributed by atoms with Crippen molar-refractivity contribution in [2.75, 3.05) is 6.54 Å². The van der Waals surface area contributed by atoms with Crippen LogP contribution in [0.4, 0.5) is 0 Å². The molecule has 1 heterocycles. The Morgan fingerprint density at radius 2 is 1.88 bits per heavy atom. The van der Waals surface area contributed by atoms with Gasteiger partial charge in [0.05, 0.1) is 0 Å². The molecule has 0 atom stereocenters. The Bertz CT molecular complexity index is 482. The summed E-state index contributed by atoms with van der Waals surface area (Å²) in [6, 6.07) is 7.15. The first-order valence-electron chi connectivity index (χ1n) is 5.57. The van der Waals surface area contributed by atoms with Gasteiger partial charge in [0.1, 0.15) is 5.75 Å². The fourth-order valence-corrected chi connectivity index (χ4v) is 1.58. The summed E-state index contributed by atoms with van der Waals surface area (Å²) in [5.74, 6) is 1.46. The maximum Gasteiger partial charge on any atom is 0.217 e. The van der Waals surface area contributed by atoms with Crippen LogP contribution < -0.4 is 5.73 Å². The quantitative estimate of drug-likeness (QED) is 0.806. The monoisotopic (exact) mass is 233 g/mol. The van der Waals surface area contributed by atoms with E-state index in [1.165, 1.54) is 0 Å². The first-order valence-corrected chi connectivity index (χ1v) is 5.57. The average Bonchev–Trinajstić information content (AvgIpc) is 2.75. The Hall–Kier alpha value is -1.88. The van der Waals surface area contributed by atoms with E-state index in [1.807, 2.05) is 12.1 Å². The van der Waals surface area contributed by atoms with E-state index in [4.69, 9.17) is 10.2 Å². The van der Waals surface area contributed by atoms with Crippen molar-refractivity contribution < 1.29 is 9.52 Å². The molecule has 2 rings (SSSR count). The van der Waals surface area contributed by atoms with Crippen LogP contribution in [-0.4, -0.2) is 21.8 Å². The van der Waals surface area contributed by atoms with Gasteiger partial charge in [-0.3, -0.25) is 0 Å². The molecule has 17 heavy (non-hydrogen) atoms. The number of phenols is 1. The van der Waals surface area contributed by atoms with Crippen LogP contribution in [0.3, 0.4) is 0 Å². The van der Waals surface area contributed by atoms with Crippen molar-refractivity contribution in [2.24, 2.45) is 5.73 Å². The molecule has 0 amide bonds. The third-order valence-electron chi connectivity index (χ3n) is 2.41. The molecule has 0 saturated carbocycles. The SMILES string of the molecule is NCCc1nnc(CCc2cccc(O)c2)o1. The Balaban J connectivity index is 1.93. The fourth-order valence-electron chi connectivity index (χ4n) is 1.58. The molecule has 0 saturated heterocycles. The van der Waals surface area contributed by atoms with Gasteiger partial charge in [0, 0.05) is 19.4 Å². The minimum atomic E-state index is 0.275. The fraction of sp³-hybridized carbons (Fsp3) is 0.333. The maximum atomic E-state index is 9.32. The third kappa shape index (κ3) is 3.29. The van der Waals surface area contributed by atoms with E-state index in [9.17, 15) is 5.11 Å². The van der Waals surface area contributed by atoms with Crippen LogP contribution >= 0.6 is 0 Å². The Labute approximate surface area is 99.3 Å². The van der Waals surface area contributed by atoms with Crippen LogP contribution in [0.1, 0.15) is 17.3 Å². The molecule has 0 aliphatic carbocycles. The second-order valence-electron chi connectivity index (χ2n) is 3.80. The van der Waals surface area contributed by atoms with E-state index in [0.717, 1.165) is 12.0 Å². The highest BCUT2D eigenvalue weighted by Crippen LogP contribution is 2.13. The van der Waals surface area contributed by atoms with Crippen molar-refractivity contribution in [2.45, 2.75) is 19.3 Å². The molecular formula is C12H15N3O2. The van der Waals surface area contributed by atoms with Crippen molar-refractivity contribution >= 4 is 0 Å². The van der Waals surface area contributed by atoms with Gasteiger partial charge in [-0.25, -0.2) is 0 Å². The molecule has 0 radical (unpaired) electrons. The number of aromatic hydroxyl groups is 1. The topological polar surface area (TPSA) is 85.2 Å². The van der Waals surface area contributed by atoms with Gasteiger partial charge in [0.2, 0.25) is 11.8 Å². The lowest BCUT2D eigenvalue weighted by molar-refractivity contribution is 0.449. The molecule has 3 N–H and O–H groups in total. The highest BCUT2D eigenvalue weighted by atomic mass is 16.4. The van der Waals surface area contributed by atoms with Crippen LogP contribution in [0.25, 0.3) is 0 Å². The molecule has 0 bridgehead atoms.